The van der Waals surface area contributed by atoms with Gasteiger partial charge in [0.05, 0.1) is 27.5 Å². The second kappa shape index (κ2) is 7.64. The van der Waals surface area contributed by atoms with Gasteiger partial charge in [0.15, 0.2) is 5.65 Å². The third-order valence-electron chi connectivity index (χ3n) is 4.08. The fourth-order valence-electron chi connectivity index (χ4n) is 2.76. The van der Waals surface area contributed by atoms with E-state index < -0.39 is 17.7 Å². The molecule has 0 atom stereocenters. The quantitative estimate of drug-likeness (QED) is 0.466. The number of fused-ring (bicyclic) bond motifs is 1. The molecule has 0 saturated carbocycles. The Kier molecular flexibility index (Phi) is 5.59. The van der Waals surface area contributed by atoms with Crippen molar-refractivity contribution in [1.82, 2.24) is 9.38 Å². The molecule has 2 heterocycles. The maximum absolute atomic E-state index is 13.2. The van der Waals surface area contributed by atoms with E-state index in [1.54, 1.807) is 12.1 Å². The predicted octanol–water partition coefficient (Wildman–Crippen LogP) is 6.14. The molecule has 0 amide bonds. The number of rotatable bonds is 4. The van der Waals surface area contributed by atoms with E-state index in [-0.39, 0.29) is 28.8 Å². The number of carbonyl (C=O) groups is 1. The lowest BCUT2D eigenvalue weighted by molar-refractivity contribution is -0.137. The highest BCUT2D eigenvalue weighted by atomic mass is 35.5. The molecule has 0 aliphatic heterocycles. The van der Waals surface area contributed by atoms with Crippen molar-refractivity contribution in [3.8, 4) is 0 Å². The number of hydrogen-bond acceptors (Lipinski definition) is 3. The Morgan fingerprint density at radius 3 is 2.57 bits per heavy atom. The van der Waals surface area contributed by atoms with Crippen molar-refractivity contribution in [1.29, 1.82) is 0 Å². The SMILES string of the molecule is CC(C)c1nc2c(Cl)cc(C(F)(F)F)cn2c1COC(=O)c1cccc(Cl)c1. The number of pyridine rings is 1. The van der Waals surface area contributed by atoms with Gasteiger partial charge in [0, 0.05) is 11.2 Å². The molecule has 0 aliphatic carbocycles. The molecule has 0 radical (unpaired) electrons. The van der Waals surface area contributed by atoms with Gasteiger partial charge in [0.1, 0.15) is 6.61 Å². The molecule has 4 nitrogen and oxygen atoms in total. The van der Waals surface area contributed by atoms with E-state index in [0.29, 0.717) is 16.4 Å². The van der Waals surface area contributed by atoms with Gasteiger partial charge in [-0.3, -0.25) is 4.40 Å². The van der Waals surface area contributed by atoms with Gasteiger partial charge in [-0.05, 0) is 30.2 Å². The maximum atomic E-state index is 13.2. The standard InChI is InChI=1S/C19H15Cl2F3N2O2/c1-10(2)16-15(9-28-18(27)11-4-3-5-13(20)6-11)26-8-12(19(22,23)24)7-14(21)17(26)25-16/h3-8,10H,9H2,1-2H3. The fourth-order valence-corrected chi connectivity index (χ4v) is 3.20. The molecule has 0 N–H and O–H groups in total. The maximum Gasteiger partial charge on any atom is 0.417 e. The Labute approximate surface area is 168 Å². The van der Waals surface area contributed by atoms with Crippen LogP contribution in [0.4, 0.5) is 13.2 Å². The number of hydrogen-bond donors (Lipinski definition) is 0. The van der Waals surface area contributed by atoms with Crippen LogP contribution in [0.5, 0.6) is 0 Å². The Hall–Kier alpha value is -2.25. The predicted molar refractivity (Wildman–Crippen MR) is 99.9 cm³/mol. The fraction of sp³-hybridized carbons (Fsp3) is 0.263. The minimum absolute atomic E-state index is 0.120. The summed E-state index contributed by atoms with van der Waals surface area (Å²) < 4.78 is 46.1. The van der Waals surface area contributed by atoms with E-state index in [0.717, 1.165) is 12.3 Å². The van der Waals surface area contributed by atoms with Crippen molar-refractivity contribution in [2.45, 2.75) is 32.5 Å². The number of halogens is 5. The van der Waals surface area contributed by atoms with Gasteiger partial charge in [0.25, 0.3) is 0 Å². The molecule has 0 saturated heterocycles. The number of alkyl halides is 3. The van der Waals surface area contributed by atoms with E-state index in [9.17, 15) is 18.0 Å². The molecule has 0 unspecified atom stereocenters. The zero-order valence-corrected chi connectivity index (χ0v) is 16.4. The highest BCUT2D eigenvalue weighted by Crippen LogP contribution is 2.34. The minimum Gasteiger partial charge on any atom is -0.456 e. The van der Waals surface area contributed by atoms with Gasteiger partial charge >= 0.3 is 12.1 Å². The Morgan fingerprint density at radius 2 is 1.96 bits per heavy atom. The Bertz CT molecular complexity index is 1050. The third-order valence-corrected chi connectivity index (χ3v) is 4.59. The van der Waals surface area contributed by atoms with Gasteiger partial charge in [-0.25, -0.2) is 9.78 Å². The van der Waals surface area contributed by atoms with Crippen molar-refractivity contribution in [3.05, 3.63) is 69.1 Å². The van der Waals surface area contributed by atoms with Crippen LogP contribution in [0.3, 0.4) is 0 Å². The van der Waals surface area contributed by atoms with Crippen LogP contribution in [-0.2, 0) is 17.5 Å². The summed E-state index contributed by atoms with van der Waals surface area (Å²) in [6, 6.07) is 7.02. The zero-order chi connectivity index (χ0) is 20.6. The van der Waals surface area contributed by atoms with Crippen molar-refractivity contribution in [2.75, 3.05) is 0 Å². The molecule has 148 valence electrons. The Balaban J connectivity index is 2.01. The van der Waals surface area contributed by atoms with Crippen molar-refractivity contribution in [2.24, 2.45) is 0 Å². The van der Waals surface area contributed by atoms with E-state index in [1.807, 2.05) is 13.8 Å². The van der Waals surface area contributed by atoms with E-state index in [1.165, 1.54) is 16.5 Å². The highest BCUT2D eigenvalue weighted by Gasteiger charge is 2.32. The van der Waals surface area contributed by atoms with Crippen LogP contribution in [0.25, 0.3) is 5.65 Å². The van der Waals surface area contributed by atoms with Crippen LogP contribution in [0.15, 0.2) is 36.5 Å². The van der Waals surface area contributed by atoms with Gasteiger partial charge < -0.3 is 4.74 Å². The van der Waals surface area contributed by atoms with Crippen LogP contribution in [0, 0.1) is 0 Å². The lowest BCUT2D eigenvalue weighted by atomic mass is 10.1. The van der Waals surface area contributed by atoms with Crippen LogP contribution in [-0.4, -0.2) is 15.4 Å². The molecule has 2 aromatic heterocycles. The van der Waals surface area contributed by atoms with Crippen LogP contribution < -0.4 is 0 Å². The molecule has 1 aromatic carbocycles. The molecular weight excluding hydrogens is 416 g/mol. The average Bonchev–Trinajstić information content (AvgIpc) is 2.98. The van der Waals surface area contributed by atoms with E-state index >= 15 is 0 Å². The molecule has 0 bridgehead atoms. The average molecular weight is 431 g/mol. The summed E-state index contributed by atoms with van der Waals surface area (Å²) in [5.74, 6) is -0.768. The second-order valence-electron chi connectivity index (χ2n) is 6.45. The molecule has 0 spiro atoms. The van der Waals surface area contributed by atoms with Crippen LogP contribution in [0.1, 0.15) is 47.1 Å². The highest BCUT2D eigenvalue weighted by molar-refractivity contribution is 6.33. The second-order valence-corrected chi connectivity index (χ2v) is 7.30. The normalized spacial score (nSPS) is 12.0. The topological polar surface area (TPSA) is 43.6 Å². The number of benzene rings is 1. The van der Waals surface area contributed by atoms with E-state index in [4.69, 9.17) is 27.9 Å². The van der Waals surface area contributed by atoms with Gasteiger partial charge in [-0.2, -0.15) is 13.2 Å². The van der Waals surface area contributed by atoms with Crippen molar-refractivity contribution < 1.29 is 22.7 Å². The number of aromatic nitrogens is 2. The van der Waals surface area contributed by atoms with Crippen molar-refractivity contribution in [3.63, 3.8) is 0 Å². The number of nitrogens with zero attached hydrogens (tertiary/aromatic N) is 2. The number of esters is 1. The summed E-state index contributed by atoms with van der Waals surface area (Å²) >= 11 is 11.9. The molecule has 28 heavy (non-hydrogen) atoms. The molecule has 3 rings (SSSR count). The number of imidazole rings is 1. The third kappa shape index (κ3) is 4.10. The molecular formula is C19H15Cl2F3N2O2. The lowest BCUT2D eigenvalue weighted by Gasteiger charge is -2.11. The summed E-state index contributed by atoms with van der Waals surface area (Å²) in [5, 5.41) is 0.234. The Morgan fingerprint density at radius 1 is 1.25 bits per heavy atom. The van der Waals surface area contributed by atoms with E-state index in [2.05, 4.69) is 4.98 Å². The molecule has 3 aromatic rings. The largest absolute Gasteiger partial charge is 0.456 e. The number of carbonyl (C=O) groups excluding carboxylic acids is 1. The monoisotopic (exact) mass is 430 g/mol. The smallest absolute Gasteiger partial charge is 0.417 e. The molecule has 0 aliphatic rings. The summed E-state index contributed by atoms with van der Waals surface area (Å²) in [4.78, 5) is 16.6. The molecule has 9 heteroatoms. The van der Waals surface area contributed by atoms with Crippen molar-refractivity contribution >= 4 is 34.8 Å². The van der Waals surface area contributed by atoms with Gasteiger partial charge in [-0.15, -0.1) is 0 Å². The number of ether oxygens (including phenoxy) is 1. The first-order chi connectivity index (χ1) is 13.1. The summed E-state index contributed by atoms with van der Waals surface area (Å²) in [6.45, 7) is 3.41. The lowest BCUT2D eigenvalue weighted by Crippen LogP contribution is -2.10. The molecule has 0 fully saturated rings. The van der Waals surface area contributed by atoms with Gasteiger partial charge in [0.2, 0.25) is 0 Å². The minimum atomic E-state index is -4.57. The first kappa shape index (κ1) is 20.5. The van der Waals surface area contributed by atoms with Gasteiger partial charge in [-0.1, -0.05) is 43.1 Å². The summed E-state index contributed by atoms with van der Waals surface area (Å²) in [5.41, 5.74) is 0.322. The first-order valence-corrected chi connectivity index (χ1v) is 9.03. The van der Waals surface area contributed by atoms with Crippen LogP contribution >= 0.6 is 23.2 Å². The summed E-state index contributed by atoms with van der Waals surface area (Å²) in [6.07, 6.45) is -3.67. The first-order valence-electron chi connectivity index (χ1n) is 8.28. The van der Waals surface area contributed by atoms with Crippen LogP contribution in [0.2, 0.25) is 10.0 Å². The summed E-state index contributed by atoms with van der Waals surface area (Å²) in [7, 11) is 0. The zero-order valence-electron chi connectivity index (χ0n) is 14.8.